The van der Waals surface area contributed by atoms with E-state index < -0.39 is 54.4 Å². The van der Waals surface area contributed by atoms with Crippen LogP contribution in [0.5, 0.6) is 0 Å². The predicted octanol–water partition coefficient (Wildman–Crippen LogP) is -1.08. The van der Waals surface area contributed by atoms with E-state index in [4.69, 9.17) is 42.7 Å². The van der Waals surface area contributed by atoms with E-state index in [0.717, 1.165) is 5.56 Å². The average Bonchev–Trinajstić information content (AvgIpc) is 2.68. The molecular formula is C18H26FN3O10. The molecule has 13 nitrogen and oxygen atoms in total. The molecule has 0 fully saturated rings. The van der Waals surface area contributed by atoms with E-state index in [1.807, 2.05) is 0 Å². The van der Waals surface area contributed by atoms with Crippen LogP contribution in [0.15, 0.2) is 24.3 Å². The van der Waals surface area contributed by atoms with Crippen molar-refractivity contribution in [1.82, 2.24) is 0 Å². The molecule has 0 amide bonds. The van der Waals surface area contributed by atoms with Gasteiger partial charge in [-0.2, -0.15) is 0 Å². The van der Waals surface area contributed by atoms with Crippen molar-refractivity contribution in [3.05, 3.63) is 35.6 Å². The topological polar surface area (TPSA) is 265 Å². The second kappa shape index (κ2) is 16.1. The number of benzene rings is 1. The van der Waals surface area contributed by atoms with Crippen molar-refractivity contribution in [1.29, 1.82) is 0 Å². The van der Waals surface area contributed by atoms with Crippen LogP contribution in [0, 0.1) is 5.82 Å². The van der Waals surface area contributed by atoms with Crippen molar-refractivity contribution in [2.45, 2.75) is 43.8 Å². The zero-order chi connectivity index (χ0) is 25.4. The van der Waals surface area contributed by atoms with Crippen LogP contribution < -0.4 is 17.2 Å². The Hall–Kier alpha value is -3.62. The molecule has 0 radical (unpaired) electrons. The van der Waals surface area contributed by atoms with Gasteiger partial charge in [0.1, 0.15) is 23.9 Å². The molecule has 0 saturated carbocycles. The number of carboxylic acids is 5. The highest BCUT2D eigenvalue weighted by Gasteiger charge is 2.14. The van der Waals surface area contributed by atoms with Crippen molar-refractivity contribution >= 4 is 29.8 Å². The highest BCUT2D eigenvalue weighted by molar-refractivity contribution is 5.80. The van der Waals surface area contributed by atoms with Crippen LogP contribution >= 0.6 is 0 Å². The van der Waals surface area contributed by atoms with Crippen LogP contribution in [0.3, 0.4) is 0 Å². The minimum absolute atomic E-state index is 0.0231. The third-order valence-corrected chi connectivity index (χ3v) is 3.38. The summed E-state index contributed by atoms with van der Waals surface area (Å²) in [6.45, 7) is 0. The quantitative estimate of drug-likeness (QED) is 0.205. The summed E-state index contributed by atoms with van der Waals surface area (Å²) in [6, 6.07) is 2.34. The molecule has 0 aliphatic heterocycles. The van der Waals surface area contributed by atoms with Crippen LogP contribution in [0.4, 0.5) is 4.39 Å². The Morgan fingerprint density at radius 3 is 1.47 bits per heavy atom. The molecule has 11 N–H and O–H groups in total. The normalized spacial score (nSPS) is 12.5. The van der Waals surface area contributed by atoms with Gasteiger partial charge in [-0.3, -0.25) is 24.0 Å². The lowest BCUT2D eigenvalue weighted by Crippen LogP contribution is -2.32. The van der Waals surface area contributed by atoms with E-state index in [0.29, 0.717) is 0 Å². The number of carboxylic acid groups (broad SMARTS) is 5. The second-order valence-corrected chi connectivity index (χ2v) is 6.20. The summed E-state index contributed by atoms with van der Waals surface area (Å²) in [5, 5.41) is 40.8. The van der Waals surface area contributed by atoms with Crippen LogP contribution in [0.1, 0.15) is 24.8 Å². The van der Waals surface area contributed by atoms with Gasteiger partial charge in [-0.1, -0.05) is 12.1 Å². The fourth-order valence-electron chi connectivity index (χ4n) is 1.64. The standard InChI is InChI=1S/C9H10FNO2.C5H9NO4.C4H7NO4/c10-7-3-1-6(2-4-7)5-8(11)9(12)13;6-3(5(9)10)1-2-4(7)8;5-2(4(8)9)1-3(6)7/h1-4,8H,5,11H2,(H,12,13);3H,1-2,6H2,(H,7,8)(H,9,10);2H,1,5H2,(H,6,7)(H,8,9). The molecule has 3 atom stereocenters. The summed E-state index contributed by atoms with van der Waals surface area (Å²) in [5.74, 6) is -6.09. The molecular weight excluding hydrogens is 437 g/mol. The zero-order valence-electron chi connectivity index (χ0n) is 16.8. The molecule has 0 aromatic heterocycles. The highest BCUT2D eigenvalue weighted by Crippen LogP contribution is 2.04. The first-order valence-electron chi connectivity index (χ1n) is 8.80. The Balaban J connectivity index is 0. The SMILES string of the molecule is NC(CC(=O)O)C(=O)O.NC(CCC(=O)O)C(=O)O.NC(Cc1ccc(F)cc1)C(=O)O. The van der Waals surface area contributed by atoms with Gasteiger partial charge in [-0.25, -0.2) is 4.39 Å². The largest absolute Gasteiger partial charge is 0.481 e. The molecule has 0 aliphatic carbocycles. The average molecular weight is 463 g/mol. The maximum absolute atomic E-state index is 12.4. The smallest absolute Gasteiger partial charge is 0.321 e. The molecule has 14 heteroatoms. The van der Waals surface area contributed by atoms with Gasteiger partial charge in [0.15, 0.2) is 0 Å². The first-order chi connectivity index (χ1) is 14.7. The number of carbonyl (C=O) groups is 5. The van der Waals surface area contributed by atoms with E-state index in [-0.39, 0.29) is 25.1 Å². The lowest BCUT2D eigenvalue weighted by atomic mass is 10.1. The van der Waals surface area contributed by atoms with Crippen molar-refractivity contribution in [3.63, 3.8) is 0 Å². The van der Waals surface area contributed by atoms with Crippen molar-refractivity contribution in [3.8, 4) is 0 Å². The number of nitrogens with two attached hydrogens (primary N) is 3. The molecule has 0 spiro atoms. The molecule has 0 aliphatic rings. The molecule has 1 aromatic rings. The molecule has 1 rings (SSSR count). The summed E-state index contributed by atoms with van der Waals surface area (Å²) < 4.78 is 12.4. The van der Waals surface area contributed by atoms with Gasteiger partial charge < -0.3 is 42.7 Å². The lowest BCUT2D eigenvalue weighted by Gasteiger charge is -2.05. The Bertz CT molecular complexity index is 773. The second-order valence-electron chi connectivity index (χ2n) is 6.20. The summed E-state index contributed by atoms with van der Waals surface area (Å²) >= 11 is 0. The van der Waals surface area contributed by atoms with Gasteiger partial charge in [0.05, 0.1) is 6.42 Å². The molecule has 32 heavy (non-hydrogen) atoms. The van der Waals surface area contributed by atoms with Crippen LogP contribution in [0.2, 0.25) is 0 Å². The minimum Gasteiger partial charge on any atom is -0.481 e. The summed E-state index contributed by atoms with van der Waals surface area (Å²) in [5.41, 5.74) is 15.9. The third-order valence-electron chi connectivity index (χ3n) is 3.38. The minimum atomic E-state index is -1.29. The van der Waals surface area contributed by atoms with Crippen LogP contribution in [-0.2, 0) is 30.4 Å². The Morgan fingerprint density at radius 1 is 0.719 bits per heavy atom. The van der Waals surface area contributed by atoms with Crippen molar-refractivity contribution < 1.29 is 53.9 Å². The lowest BCUT2D eigenvalue weighted by molar-refractivity contribution is -0.144. The number of hydrogen-bond donors (Lipinski definition) is 8. The summed E-state index contributed by atoms with van der Waals surface area (Å²) in [6.07, 6.45) is -0.539. The predicted molar refractivity (Wildman–Crippen MR) is 106 cm³/mol. The third kappa shape index (κ3) is 17.3. The first kappa shape index (κ1) is 30.6. The van der Waals surface area contributed by atoms with Crippen LogP contribution in [0.25, 0.3) is 0 Å². The number of rotatable bonds is 10. The highest BCUT2D eigenvalue weighted by atomic mass is 19.1. The molecule has 180 valence electrons. The Labute approximate surface area is 181 Å². The van der Waals surface area contributed by atoms with Crippen molar-refractivity contribution in [2.24, 2.45) is 17.2 Å². The zero-order valence-corrected chi connectivity index (χ0v) is 16.8. The van der Waals surface area contributed by atoms with Gasteiger partial charge in [0, 0.05) is 6.42 Å². The van der Waals surface area contributed by atoms with Crippen molar-refractivity contribution in [2.75, 3.05) is 0 Å². The number of halogens is 1. The molecule has 3 unspecified atom stereocenters. The van der Waals surface area contributed by atoms with Gasteiger partial charge in [-0.05, 0) is 30.5 Å². The fourth-order valence-corrected chi connectivity index (χ4v) is 1.64. The van der Waals surface area contributed by atoms with Gasteiger partial charge in [0.2, 0.25) is 0 Å². The van der Waals surface area contributed by atoms with E-state index in [2.05, 4.69) is 0 Å². The molecule has 0 saturated heterocycles. The summed E-state index contributed by atoms with van der Waals surface area (Å²) in [7, 11) is 0. The van der Waals surface area contributed by atoms with Gasteiger partial charge >= 0.3 is 29.8 Å². The molecule has 0 bridgehead atoms. The van der Waals surface area contributed by atoms with E-state index >= 15 is 0 Å². The molecule has 1 aromatic carbocycles. The van der Waals surface area contributed by atoms with Crippen LogP contribution in [-0.4, -0.2) is 73.5 Å². The maximum Gasteiger partial charge on any atom is 0.321 e. The first-order valence-corrected chi connectivity index (χ1v) is 8.80. The van der Waals surface area contributed by atoms with E-state index in [1.54, 1.807) is 0 Å². The fraction of sp³-hybridized carbons (Fsp3) is 0.389. The van der Waals surface area contributed by atoms with E-state index in [1.165, 1.54) is 24.3 Å². The Morgan fingerprint density at radius 2 is 1.16 bits per heavy atom. The number of hydrogen-bond acceptors (Lipinski definition) is 8. The maximum atomic E-state index is 12.4. The Kier molecular flexibility index (Phi) is 15.4. The number of aliphatic carboxylic acids is 5. The molecule has 0 heterocycles. The monoisotopic (exact) mass is 463 g/mol. The van der Waals surface area contributed by atoms with Gasteiger partial charge in [-0.15, -0.1) is 0 Å². The van der Waals surface area contributed by atoms with Gasteiger partial charge in [0.25, 0.3) is 0 Å². The van der Waals surface area contributed by atoms with E-state index in [9.17, 15) is 28.4 Å². The summed E-state index contributed by atoms with van der Waals surface area (Å²) in [4.78, 5) is 49.9.